The van der Waals surface area contributed by atoms with Gasteiger partial charge in [-0.05, 0) is 26.2 Å². The molecule has 1 aliphatic heterocycles. The van der Waals surface area contributed by atoms with Crippen LogP contribution in [0.25, 0.3) is 0 Å². The van der Waals surface area contributed by atoms with E-state index in [1.807, 2.05) is 6.92 Å². The van der Waals surface area contributed by atoms with E-state index >= 15 is 0 Å². The van der Waals surface area contributed by atoms with Crippen LogP contribution in [-0.2, 0) is 4.79 Å². The summed E-state index contributed by atoms with van der Waals surface area (Å²) < 4.78 is 37.1. The standard InChI is InChI=1S/C11H17F3N2O/c1-3-8-15-10(4-5-10)9(17)16(8)7(2)6-11(12,13)14/h7-8,15H,3-6H2,1-2H3. The van der Waals surface area contributed by atoms with Crippen molar-refractivity contribution in [3.8, 4) is 0 Å². The molecule has 17 heavy (non-hydrogen) atoms. The van der Waals surface area contributed by atoms with Crippen LogP contribution in [0.1, 0.15) is 39.5 Å². The minimum atomic E-state index is -4.22. The summed E-state index contributed by atoms with van der Waals surface area (Å²) in [6, 6.07) is -0.792. The third-order valence-corrected chi connectivity index (χ3v) is 3.56. The smallest absolute Gasteiger partial charge is 0.323 e. The molecule has 1 spiro atoms. The lowest BCUT2D eigenvalue weighted by atomic mass is 10.1. The van der Waals surface area contributed by atoms with Crippen LogP contribution in [0.3, 0.4) is 0 Å². The number of carbonyl (C=O) groups is 1. The molecule has 2 atom stereocenters. The fourth-order valence-corrected chi connectivity index (χ4v) is 2.56. The molecule has 2 aliphatic rings. The first-order chi connectivity index (χ1) is 7.79. The minimum absolute atomic E-state index is 0.152. The summed E-state index contributed by atoms with van der Waals surface area (Å²) in [5.74, 6) is -0.152. The van der Waals surface area contributed by atoms with Crippen molar-refractivity contribution in [2.75, 3.05) is 0 Å². The molecule has 0 aromatic rings. The second-order valence-corrected chi connectivity index (χ2v) is 5.03. The first kappa shape index (κ1) is 12.7. The Morgan fingerprint density at radius 1 is 1.53 bits per heavy atom. The van der Waals surface area contributed by atoms with Gasteiger partial charge in [-0.3, -0.25) is 10.1 Å². The Morgan fingerprint density at radius 2 is 2.12 bits per heavy atom. The highest BCUT2D eigenvalue weighted by molar-refractivity contribution is 5.92. The van der Waals surface area contributed by atoms with Crippen molar-refractivity contribution in [2.24, 2.45) is 0 Å². The zero-order valence-corrected chi connectivity index (χ0v) is 9.97. The van der Waals surface area contributed by atoms with Crippen LogP contribution in [0.4, 0.5) is 13.2 Å². The van der Waals surface area contributed by atoms with Crippen molar-refractivity contribution in [1.82, 2.24) is 10.2 Å². The number of rotatable bonds is 3. The summed E-state index contributed by atoms with van der Waals surface area (Å²) in [6.45, 7) is 3.34. The largest absolute Gasteiger partial charge is 0.391 e. The number of halogens is 3. The predicted octanol–water partition coefficient (Wildman–Crippen LogP) is 2.03. The van der Waals surface area contributed by atoms with Gasteiger partial charge in [0, 0.05) is 6.04 Å². The number of hydrogen-bond donors (Lipinski definition) is 1. The van der Waals surface area contributed by atoms with E-state index in [0.29, 0.717) is 6.42 Å². The van der Waals surface area contributed by atoms with Gasteiger partial charge in [-0.25, -0.2) is 0 Å². The van der Waals surface area contributed by atoms with Crippen LogP contribution in [0.5, 0.6) is 0 Å². The zero-order valence-electron chi connectivity index (χ0n) is 9.97. The van der Waals surface area contributed by atoms with Crippen LogP contribution < -0.4 is 5.32 Å². The van der Waals surface area contributed by atoms with E-state index in [-0.39, 0.29) is 12.1 Å². The molecule has 1 amide bonds. The molecule has 0 bridgehead atoms. The number of carbonyl (C=O) groups excluding carboxylic acids is 1. The number of hydrogen-bond acceptors (Lipinski definition) is 2. The first-order valence-corrected chi connectivity index (χ1v) is 5.96. The maximum atomic E-state index is 12.4. The average Bonchev–Trinajstić information content (AvgIpc) is 2.88. The number of alkyl halides is 3. The SMILES string of the molecule is CCC1NC2(CC2)C(=O)N1C(C)CC(F)(F)F. The molecule has 0 aromatic heterocycles. The summed E-state index contributed by atoms with van der Waals surface area (Å²) in [5.41, 5.74) is -0.527. The summed E-state index contributed by atoms with van der Waals surface area (Å²) >= 11 is 0. The van der Waals surface area contributed by atoms with E-state index in [9.17, 15) is 18.0 Å². The maximum absolute atomic E-state index is 12.4. The normalized spacial score (nSPS) is 28.9. The molecule has 98 valence electrons. The molecular formula is C11H17F3N2O. The molecule has 1 saturated carbocycles. The highest BCUT2D eigenvalue weighted by Gasteiger charge is 2.59. The predicted molar refractivity (Wildman–Crippen MR) is 56.2 cm³/mol. The molecule has 2 unspecified atom stereocenters. The number of nitrogens with one attached hydrogen (secondary N) is 1. The van der Waals surface area contributed by atoms with Crippen LogP contribution in [0.2, 0.25) is 0 Å². The van der Waals surface area contributed by atoms with Crippen LogP contribution >= 0.6 is 0 Å². The summed E-state index contributed by atoms with van der Waals surface area (Å²) in [4.78, 5) is 13.5. The monoisotopic (exact) mass is 250 g/mol. The summed E-state index contributed by atoms with van der Waals surface area (Å²) in [7, 11) is 0. The van der Waals surface area contributed by atoms with Gasteiger partial charge >= 0.3 is 6.18 Å². The van der Waals surface area contributed by atoms with E-state index in [4.69, 9.17) is 0 Å². The Kier molecular flexibility index (Phi) is 2.88. The van der Waals surface area contributed by atoms with Gasteiger partial charge in [0.1, 0.15) is 0 Å². The lowest BCUT2D eigenvalue weighted by Crippen LogP contribution is -2.44. The summed E-state index contributed by atoms with van der Waals surface area (Å²) in [6.07, 6.45) is -3.28. The lowest BCUT2D eigenvalue weighted by Gasteiger charge is -2.30. The van der Waals surface area contributed by atoms with Crippen molar-refractivity contribution in [3.63, 3.8) is 0 Å². The van der Waals surface area contributed by atoms with Crippen molar-refractivity contribution >= 4 is 5.91 Å². The van der Waals surface area contributed by atoms with E-state index < -0.39 is 24.2 Å². The second-order valence-electron chi connectivity index (χ2n) is 5.03. The van der Waals surface area contributed by atoms with Gasteiger partial charge < -0.3 is 4.90 Å². The third kappa shape index (κ3) is 2.27. The molecule has 1 heterocycles. The van der Waals surface area contributed by atoms with Gasteiger partial charge in [0.05, 0.1) is 18.1 Å². The fourth-order valence-electron chi connectivity index (χ4n) is 2.56. The topological polar surface area (TPSA) is 32.3 Å². The van der Waals surface area contributed by atoms with Crippen LogP contribution in [-0.4, -0.2) is 34.7 Å². The lowest BCUT2D eigenvalue weighted by molar-refractivity contribution is -0.153. The van der Waals surface area contributed by atoms with Gasteiger partial charge in [-0.2, -0.15) is 13.2 Å². The van der Waals surface area contributed by atoms with Gasteiger partial charge in [0.15, 0.2) is 0 Å². The highest BCUT2D eigenvalue weighted by atomic mass is 19.4. The Hall–Kier alpha value is -0.780. The summed E-state index contributed by atoms with van der Waals surface area (Å²) in [5, 5.41) is 3.17. The molecule has 2 rings (SSSR count). The van der Waals surface area contributed by atoms with E-state index in [2.05, 4.69) is 5.32 Å². The maximum Gasteiger partial charge on any atom is 0.391 e. The minimum Gasteiger partial charge on any atom is -0.323 e. The first-order valence-electron chi connectivity index (χ1n) is 5.96. The molecule has 3 nitrogen and oxygen atoms in total. The van der Waals surface area contributed by atoms with Gasteiger partial charge in [-0.1, -0.05) is 6.92 Å². The van der Waals surface area contributed by atoms with E-state index in [1.54, 1.807) is 0 Å². The molecule has 1 aliphatic carbocycles. The van der Waals surface area contributed by atoms with Crippen molar-refractivity contribution < 1.29 is 18.0 Å². The Bertz CT molecular complexity index is 325. The average molecular weight is 250 g/mol. The molecule has 1 saturated heterocycles. The molecule has 1 N–H and O–H groups in total. The van der Waals surface area contributed by atoms with Crippen LogP contribution in [0, 0.1) is 0 Å². The Morgan fingerprint density at radius 3 is 2.53 bits per heavy atom. The Labute approximate surface area is 98.3 Å². The van der Waals surface area contributed by atoms with E-state index in [1.165, 1.54) is 11.8 Å². The van der Waals surface area contributed by atoms with Crippen LogP contribution in [0.15, 0.2) is 0 Å². The van der Waals surface area contributed by atoms with Gasteiger partial charge in [0.2, 0.25) is 5.91 Å². The fraction of sp³-hybridized carbons (Fsp3) is 0.909. The van der Waals surface area contributed by atoms with Gasteiger partial charge in [-0.15, -0.1) is 0 Å². The highest BCUT2D eigenvalue weighted by Crippen LogP contribution is 2.44. The van der Waals surface area contributed by atoms with Crippen molar-refractivity contribution in [2.45, 2.75) is 63.5 Å². The quantitative estimate of drug-likeness (QED) is 0.831. The number of amides is 1. The van der Waals surface area contributed by atoms with Crippen molar-refractivity contribution in [3.05, 3.63) is 0 Å². The molecule has 2 fully saturated rings. The third-order valence-electron chi connectivity index (χ3n) is 3.56. The molecular weight excluding hydrogens is 233 g/mol. The number of nitrogens with zero attached hydrogens (tertiary/aromatic N) is 1. The van der Waals surface area contributed by atoms with Gasteiger partial charge in [0.25, 0.3) is 0 Å². The zero-order chi connectivity index (χ0) is 12.8. The van der Waals surface area contributed by atoms with E-state index in [0.717, 1.165) is 12.8 Å². The second kappa shape index (κ2) is 3.86. The Balaban J connectivity index is 2.10. The van der Waals surface area contributed by atoms with Crippen molar-refractivity contribution in [1.29, 1.82) is 0 Å². The molecule has 6 heteroatoms. The molecule has 0 aromatic carbocycles. The molecule has 0 radical (unpaired) electrons.